The number of nitrogens with zero attached hydrogens (tertiary/aromatic N) is 2. The molecule has 4 nitrogen and oxygen atoms in total. The van der Waals surface area contributed by atoms with Crippen LogP contribution < -0.4 is 0 Å². The Morgan fingerprint density at radius 1 is 1.30 bits per heavy atom. The highest BCUT2D eigenvalue weighted by atomic mass is 35.5. The summed E-state index contributed by atoms with van der Waals surface area (Å²) in [7, 11) is 0. The monoisotopic (exact) mass is 316 g/mol. The van der Waals surface area contributed by atoms with Gasteiger partial charge in [-0.1, -0.05) is 35.3 Å². The lowest BCUT2D eigenvalue weighted by Crippen LogP contribution is -2.50. The molecule has 0 aliphatic carbocycles. The lowest BCUT2D eigenvalue weighted by atomic mass is 10.2. The lowest BCUT2D eigenvalue weighted by molar-refractivity contribution is -0.141. The van der Waals surface area contributed by atoms with Crippen LogP contribution in [0.4, 0.5) is 0 Å². The molecular formula is C14H18Cl2N2O2. The zero-order valence-electron chi connectivity index (χ0n) is 11.4. The molecule has 20 heavy (non-hydrogen) atoms. The number of piperazine rings is 1. The minimum absolute atomic E-state index is 0.203. The number of amides is 1. The fraction of sp³-hybridized carbons (Fsp3) is 0.500. The predicted molar refractivity (Wildman–Crippen MR) is 80.0 cm³/mol. The molecule has 1 aromatic carbocycles. The van der Waals surface area contributed by atoms with Crippen molar-refractivity contribution in [2.45, 2.75) is 19.6 Å². The van der Waals surface area contributed by atoms with Crippen LogP contribution in [0.3, 0.4) is 0 Å². The van der Waals surface area contributed by atoms with Gasteiger partial charge in [-0.25, -0.2) is 0 Å². The number of halogens is 2. The number of benzene rings is 1. The first-order chi connectivity index (χ1) is 9.49. The van der Waals surface area contributed by atoms with Crippen LogP contribution in [0, 0.1) is 0 Å². The molecule has 1 aliphatic heterocycles. The van der Waals surface area contributed by atoms with Gasteiger partial charge < -0.3 is 10.0 Å². The van der Waals surface area contributed by atoms with Crippen LogP contribution >= 0.6 is 23.2 Å². The molecule has 0 bridgehead atoms. The average Bonchev–Trinajstić information content (AvgIpc) is 2.44. The fourth-order valence-corrected chi connectivity index (χ4v) is 2.68. The van der Waals surface area contributed by atoms with Crippen LogP contribution in [-0.4, -0.2) is 53.1 Å². The Bertz CT molecular complexity index is 486. The summed E-state index contributed by atoms with van der Waals surface area (Å²) >= 11 is 12.2. The average molecular weight is 317 g/mol. The van der Waals surface area contributed by atoms with E-state index in [0.717, 1.165) is 25.2 Å². The zero-order valence-corrected chi connectivity index (χ0v) is 12.9. The second-order valence-electron chi connectivity index (χ2n) is 4.99. The Morgan fingerprint density at radius 2 is 1.95 bits per heavy atom. The molecule has 1 atom stereocenters. The molecule has 0 spiro atoms. The molecular weight excluding hydrogens is 299 g/mol. The second kappa shape index (κ2) is 6.76. The number of rotatable bonds is 3. The van der Waals surface area contributed by atoms with Gasteiger partial charge in [0, 0.05) is 32.7 Å². The highest BCUT2D eigenvalue weighted by molar-refractivity contribution is 6.42. The van der Waals surface area contributed by atoms with E-state index in [9.17, 15) is 9.90 Å². The van der Waals surface area contributed by atoms with Gasteiger partial charge in [0.05, 0.1) is 10.0 Å². The summed E-state index contributed by atoms with van der Waals surface area (Å²) < 4.78 is 0. The molecule has 0 aromatic heterocycles. The molecule has 0 radical (unpaired) electrons. The van der Waals surface area contributed by atoms with Crippen molar-refractivity contribution in [3.05, 3.63) is 33.8 Å². The van der Waals surface area contributed by atoms with Crippen molar-refractivity contribution in [3.8, 4) is 0 Å². The number of hydrogen-bond acceptors (Lipinski definition) is 3. The molecule has 1 unspecified atom stereocenters. The molecule has 6 heteroatoms. The maximum atomic E-state index is 11.7. The number of aliphatic hydroxyl groups is 1. The van der Waals surface area contributed by atoms with Crippen LogP contribution in [-0.2, 0) is 11.3 Å². The van der Waals surface area contributed by atoms with Gasteiger partial charge in [0.15, 0.2) is 0 Å². The Morgan fingerprint density at radius 3 is 2.55 bits per heavy atom. The first-order valence-electron chi connectivity index (χ1n) is 6.61. The topological polar surface area (TPSA) is 43.8 Å². The van der Waals surface area contributed by atoms with Crippen molar-refractivity contribution in [2.75, 3.05) is 26.2 Å². The van der Waals surface area contributed by atoms with Gasteiger partial charge in [-0.15, -0.1) is 0 Å². The third-order valence-corrected chi connectivity index (χ3v) is 4.32. The van der Waals surface area contributed by atoms with E-state index >= 15 is 0 Å². The standard InChI is InChI=1S/C14H18Cl2N2O2/c1-10(19)14(20)18-7-5-17(6-8-18)9-11-3-2-4-12(15)13(11)16/h2-4,10,19H,5-9H2,1H3. The van der Waals surface area contributed by atoms with Crippen molar-refractivity contribution in [2.24, 2.45) is 0 Å². The van der Waals surface area contributed by atoms with Gasteiger partial charge >= 0.3 is 0 Å². The van der Waals surface area contributed by atoms with Crippen molar-refractivity contribution in [1.29, 1.82) is 0 Å². The summed E-state index contributed by atoms with van der Waals surface area (Å²) in [5.74, 6) is -0.203. The second-order valence-corrected chi connectivity index (χ2v) is 5.78. The van der Waals surface area contributed by atoms with Crippen molar-refractivity contribution < 1.29 is 9.90 Å². The summed E-state index contributed by atoms with van der Waals surface area (Å²) in [5.41, 5.74) is 0.995. The normalized spacial score (nSPS) is 18.1. The minimum Gasteiger partial charge on any atom is -0.384 e. The summed E-state index contributed by atoms with van der Waals surface area (Å²) in [6, 6.07) is 5.62. The minimum atomic E-state index is -0.927. The van der Waals surface area contributed by atoms with E-state index in [1.165, 1.54) is 6.92 Å². The number of aliphatic hydroxyl groups excluding tert-OH is 1. The molecule has 2 rings (SSSR count). The highest BCUT2D eigenvalue weighted by Crippen LogP contribution is 2.26. The molecule has 110 valence electrons. The van der Waals surface area contributed by atoms with Crippen LogP contribution in [0.1, 0.15) is 12.5 Å². The quantitative estimate of drug-likeness (QED) is 0.927. The molecule has 1 aliphatic rings. The predicted octanol–water partition coefficient (Wildman–Crippen LogP) is 2.02. The first kappa shape index (κ1) is 15.6. The van der Waals surface area contributed by atoms with E-state index in [1.807, 2.05) is 12.1 Å². The van der Waals surface area contributed by atoms with Crippen LogP contribution in [0.15, 0.2) is 18.2 Å². The summed E-state index contributed by atoms with van der Waals surface area (Å²) in [4.78, 5) is 15.6. The Labute approximate surface area is 128 Å². The molecule has 1 aromatic rings. The van der Waals surface area contributed by atoms with E-state index < -0.39 is 6.10 Å². The van der Waals surface area contributed by atoms with Crippen molar-refractivity contribution >= 4 is 29.1 Å². The smallest absolute Gasteiger partial charge is 0.251 e. The van der Waals surface area contributed by atoms with Gasteiger partial charge in [0.2, 0.25) is 0 Å². The summed E-state index contributed by atoms with van der Waals surface area (Å²) in [6.07, 6.45) is -0.927. The van der Waals surface area contributed by atoms with Gasteiger partial charge in [-0.05, 0) is 18.6 Å². The van der Waals surface area contributed by atoms with E-state index in [0.29, 0.717) is 23.1 Å². The molecule has 0 saturated carbocycles. The maximum Gasteiger partial charge on any atom is 0.251 e. The van der Waals surface area contributed by atoms with Gasteiger partial charge in [0.1, 0.15) is 6.10 Å². The van der Waals surface area contributed by atoms with Crippen molar-refractivity contribution in [1.82, 2.24) is 9.80 Å². The molecule has 1 fully saturated rings. The third kappa shape index (κ3) is 3.64. The maximum absolute atomic E-state index is 11.7. The third-order valence-electron chi connectivity index (χ3n) is 3.47. The molecule has 1 heterocycles. The van der Waals surface area contributed by atoms with Gasteiger partial charge in [-0.3, -0.25) is 9.69 Å². The van der Waals surface area contributed by atoms with Crippen LogP contribution in [0.5, 0.6) is 0 Å². The van der Waals surface area contributed by atoms with E-state index in [2.05, 4.69) is 4.90 Å². The van der Waals surface area contributed by atoms with Gasteiger partial charge in [-0.2, -0.15) is 0 Å². The van der Waals surface area contributed by atoms with Crippen molar-refractivity contribution in [3.63, 3.8) is 0 Å². The Kier molecular flexibility index (Phi) is 5.27. The number of carbonyl (C=O) groups is 1. The molecule has 1 saturated heterocycles. The highest BCUT2D eigenvalue weighted by Gasteiger charge is 2.24. The van der Waals surface area contributed by atoms with Crippen LogP contribution in [0.2, 0.25) is 10.0 Å². The van der Waals surface area contributed by atoms with E-state index in [4.69, 9.17) is 23.2 Å². The molecule has 1 amide bonds. The Balaban J connectivity index is 1.92. The fourth-order valence-electron chi connectivity index (χ4n) is 2.30. The van der Waals surface area contributed by atoms with Crippen LogP contribution in [0.25, 0.3) is 0 Å². The first-order valence-corrected chi connectivity index (χ1v) is 7.36. The lowest BCUT2D eigenvalue weighted by Gasteiger charge is -2.35. The van der Waals surface area contributed by atoms with E-state index in [-0.39, 0.29) is 5.91 Å². The Hall–Kier alpha value is -0.810. The summed E-state index contributed by atoms with van der Waals surface area (Å²) in [6.45, 7) is 5.00. The number of carbonyl (C=O) groups excluding carboxylic acids is 1. The molecule has 1 N–H and O–H groups in total. The van der Waals surface area contributed by atoms with E-state index in [1.54, 1.807) is 11.0 Å². The number of hydrogen-bond donors (Lipinski definition) is 1. The zero-order chi connectivity index (χ0) is 14.7. The largest absolute Gasteiger partial charge is 0.384 e. The SMILES string of the molecule is CC(O)C(=O)N1CCN(Cc2cccc(Cl)c2Cl)CC1. The van der Waals surface area contributed by atoms with Gasteiger partial charge in [0.25, 0.3) is 5.91 Å². The summed E-state index contributed by atoms with van der Waals surface area (Å²) in [5, 5.41) is 10.5.